The lowest BCUT2D eigenvalue weighted by molar-refractivity contribution is -0.136. The van der Waals surface area contributed by atoms with Crippen molar-refractivity contribution < 1.29 is 38.8 Å². The SMILES string of the molecule is C=CCOC(=O)N1c2cc(OCc3cccc(CC(=O)O)c3)c(OC)cc2C(=O)N2CCCCC2C1O. The van der Waals surface area contributed by atoms with E-state index in [0.29, 0.717) is 18.5 Å². The Hall–Kier alpha value is -4.05. The number of rotatable bonds is 8. The highest BCUT2D eigenvalue weighted by atomic mass is 16.6. The summed E-state index contributed by atoms with van der Waals surface area (Å²) in [5.41, 5.74) is 1.69. The van der Waals surface area contributed by atoms with Crippen LogP contribution in [0.25, 0.3) is 0 Å². The van der Waals surface area contributed by atoms with Crippen molar-refractivity contribution in [2.24, 2.45) is 0 Å². The van der Waals surface area contributed by atoms with Gasteiger partial charge in [-0.2, -0.15) is 0 Å². The number of amides is 2. The molecule has 2 amide bonds. The minimum absolute atomic E-state index is 0.0636. The van der Waals surface area contributed by atoms with Crippen molar-refractivity contribution in [2.45, 2.75) is 44.6 Å². The minimum atomic E-state index is -1.32. The number of hydrogen-bond donors (Lipinski definition) is 2. The first kappa shape index (κ1) is 26.0. The Labute approximate surface area is 214 Å². The highest BCUT2D eigenvalue weighted by Gasteiger charge is 2.44. The van der Waals surface area contributed by atoms with E-state index in [1.54, 1.807) is 29.2 Å². The van der Waals surface area contributed by atoms with E-state index in [4.69, 9.17) is 19.3 Å². The van der Waals surface area contributed by atoms with E-state index < -0.39 is 24.3 Å². The Morgan fingerprint density at radius 3 is 2.68 bits per heavy atom. The number of aliphatic carboxylic acids is 1. The maximum absolute atomic E-state index is 13.6. The molecule has 0 radical (unpaired) electrons. The molecular formula is C27H30N2O8. The Balaban J connectivity index is 1.72. The molecule has 2 N–H and O–H groups in total. The summed E-state index contributed by atoms with van der Waals surface area (Å²) >= 11 is 0. The van der Waals surface area contributed by atoms with Crippen LogP contribution in [0.5, 0.6) is 11.5 Å². The molecule has 2 aromatic rings. The molecule has 0 bridgehead atoms. The molecular weight excluding hydrogens is 480 g/mol. The van der Waals surface area contributed by atoms with E-state index in [2.05, 4.69) is 6.58 Å². The number of piperidine rings is 1. The molecule has 2 atom stereocenters. The van der Waals surface area contributed by atoms with E-state index in [-0.39, 0.29) is 48.3 Å². The number of aliphatic hydroxyl groups excluding tert-OH is 1. The molecule has 1 saturated heterocycles. The number of fused-ring (bicyclic) bond motifs is 2. The fourth-order valence-corrected chi connectivity index (χ4v) is 4.75. The van der Waals surface area contributed by atoms with Crippen LogP contribution in [0.3, 0.4) is 0 Å². The maximum Gasteiger partial charge on any atom is 0.416 e. The summed E-state index contributed by atoms with van der Waals surface area (Å²) in [6.45, 7) is 4.04. The molecule has 0 spiro atoms. The van der Waals surface area contributed by atoms with Gasteiger partial charge in [-0.1, -0.05) is 36.9 Å². The Kier molecular flexibility index (Phi) is 7.98. The van der Waals surface area contributed by atoms with Gasteiger partial charge in [0, 0.05) is 12.6 Å². The fraction of sp³-hybridized carbons (Fsp3) is 0.370. The summed E-state index contributed by atoms with van der Waals surface area (Å²) in [5, 5.41) is 20.4. The predicted octanol–water partition coefficient (Wildman–Crippen LogP) is 3.36. The second-order valence-electron chi connectivity index (χ2n) is 8.91. The molecule has 0 aromatic heterocycles. The summed E-state index contributed by atoms with van der Waals surface area (Å²) in [5.74, 6) is -0.734. The van der Waals surface area contributed by atoms with Crippen molar-refractivity contribution in [1.82, 2.24) is 4.90 Å². The van der Waals surface area contributed by atoms with Gasteiger partial charge in [-0.15, -0.1) is 0 Å². The Bertz CT molecular complexity index is 1200. The number of aliphatic hydroxyl groups is 1. The molecule has 2 aromatic carbocycles. The van der Waals surface area contributed by atoms with Gasteiger partial charge >= 0.3 is 12.1 Å². The topological polar surface area (TPSA) is 126 Å². The van der Waals surface area contributed by atoms with Crippen molar-refractivity contribution in [3.8, 4) is 11.5 Å². The number of ether oxygens (including phenoxy) is 3. The van der Waals surface area contributed by atoms with Crippen LogP contribution >= 0.6 is 0 Å². The summed E-state index contributed by atoms with van der Waals surface area (Å²) in [7, 11) is 1.44. The number of carboxylic acid groups (broad SMARTS) is 1. The standard InChI is InChI=1S/C27H30N2O8/c1-3-11-36-27(34)29-21-15-23(37-16-18-8-6-7-17(12-18)13-24(30)31)22(35-2)14-19(21)25(32)28-10-5-4-9-20(28)26(29)33/h3,6-8,12,14-15,20,26,33H,1,4-5,9-11,13,16H2,2H3,(H,30,31). The number of hydrogen-bond acceptors (Lipinski definition) is 7. The zero-order valence-electron chi connectivity index (χ0n) is 20.6. The predicted molar refractivity (Wildman–Crippen MR) is 134 cm³/mol. The average molecular weight is 511 g/mol. The summed E-state index contributed by atoms with van der Waals surface area (Å²) < 4.78 is 16.8. The van der Waals surface area contributed by atoms with Gasteiger partial charge in [0.05, 0.1) is 30.8 Å². The minimum Gasteiger partial charge on any atom is -0.493 e. The maximum atomic E-state index is 13.6. The summed E-state index contributed by atoms with van der Waals surface area (Å²) in [4.78, 5) is 40.4. The molecule has 2 aliphatic rings. The van der Waals surface area contributed by atoms with Crippen LogP contribution in [0.1, 0.15) is 40.7 Å². The number of carboxylic acids is 1. The van der Waals surface area contributed by atoms with Gasteiger partial charge in [0.15, 0.2) is 17.7 Å². The largest absolute Gasteiger partial charge is 0.493 e. The lowest BCUT2D eigenvalue weighted by atomic mass is 10.0. The smallest absolute Gasteiger partial charge is 0.416 e. The van der Waals surface area contributed by atoms with Gasteiger partial charge in [0.2, 0.25) is 0 Å². The molecule has 37 heavy (non-hydrogen) atoms. The van der Waals surface area contributed by atoms with Gasteiger partial charge in [-0.3, -0.25) is 9.59 Å². The first-order valence-electron chi connectivity index (χ1n) is 12.0. The Morgan fingerprint density at radius 1 is 1.16 bits per heavy atom. The molecule has 10 heteroatoms. The second kappa shape index (κ2) is 11.3. The van der Waals surface area contributed by atoms with Gasteiger partial charge in [0.25, 0.3) is 5.91 Å². The lowest BCUT2D eigenvalue weighted by Crippen LogP contribution is -2.55. The molecule has 0 saturated carbocycles. The van der Waals surface area contributed by atoms with Crippen LogP contribution in [0.15, 0.2) is 49.1 Å². The normalized spacial score (nSPS) is 18.8. The number of nitrogens with zero attached hydrogens (tertiary/aromatic N) is 2. The van der Waals surface area contributed by atoms with E-state index in [1.807, 2.05) is 0 Å². The summed E-state index contributed by atoms with van der Waals surface area (Å²) in [6, 6.07) is 9.40. The van der Waals surface area contributed by atoms with Crippen LogP contribution in [-0.4, -0.2) is 65.6 Å². The van der Waals surface area contributed by atoms with Crippen LogP contribution in [0.4, 0.5) is 10.5 Å². The molecule has 10 nitrogen and oxygen atoms in total. The van der Waals surface area contributed by atoms with E-state index in [9.17, 15) is 19.5 Å². The molecule has 2 aliphatic heterocycles. The van der Waals surface area contributed by atoms with E-state index >= 15 is 0 Å². The molecule has 2 unspecified atom stereocenters. The van der Waals surface area contributed by atoms with Crippen LogP contribution in [0.2, 0.25) is 0 Å². The average Bonchev–Trinajstić information content (AvgIpc) is 2.98. The first-order valence-corrected chi connectivity index (χ1v) is 12.0. The first-order chi connectivity index (χ1) is 17.8. The van der Waals surface area contributed by atoms with Crippen molar-refractivity contribution in [3.63, 3.8) is 0 Å². The van der Waals surface area contributed by atoms with Crippen molar-refractivity contribution in [2.75, 3.05) is 25.2 Å². The molecule has 2 heterocycles. The van der Waals surface area contributed by atoms with Crippen LogP contribution < -0.4 is 14.4 Å². The van der Waals surface area contributed by atoms with Gasteiger partial charge in [0.1, 0.15) is 13.2 Å². The highest BCUT2D eigenvalue weighted by Crippen LogP contribution is 2.41. The number of carbonyl (C=O) groups is 3. The quantitative estimate of drug-likeness (QED) is 0.518. The zero-order chi connectivity index (χ0) is 26.5. The third-order valence-corrected chi connectivity index (χ3v) is 6.45. The van der Waals surface area contributed by atoms with Crippen molar-refractivity contribution in [3.05, 3.63) is 65.7 Å². The number of methoxy groups -OCH3 is 1. The Morgan fingerprint density at radius 2 is 1.95 bits per heavy atom. The lowest BCUT2D eigenvalue weighted by Gasteiger charge is -2.38. The molecule has 196 valence electrons. The molecule has 4 rings (SSSR count). The van der Waals surface area contributed by atoms with Gasteiger partial charge < -0.3 is 29.3 Å². The number of anilines is 1. The van der Waals surface area contributed by atoms with Crippen LogP contribution in [-0.2, 0) is 22.6 Å². The molecule has 0 aliphatic carbocycles. The van der Waals surface area contributed by atoms with E-state index in [0.717, 1.165) is 23.3 Å². The molecule has 1 fully saturated rings. The fourth-order valence-electron chi connectivity index (χ4n) is 4.75. The third-order valence-electron chi connectivity index (χ3n) is 6.45. The monoisotopic (exact) mass is 510 g/mol. The third kappa shape index (κ3) is 5.54. The van der Waals surface area contributed by atoms with Crippen LogP contribution in [0, 0.1) is 0 Å². The van der Waals surface area contributed by atoms with E-state index in [1.165, 1.54) is 25.3 Å². The second-order valence-corrected chi connectivity index (χ2v) is 8.91. The highest BCUT2D eigenvalue weighted by molar-refractivity contribution is 6.06. The van der Waals surface area contributed by atoms with Gasteiger partial charge in [-0.25, -0.2) is 9.69 Å². The summed E-state index contributed by atoms with van der Waals surface area (Å²) in [6.07, 6.45) is 1.32. The van der Waals surface area contributed by atoms with Crippen molar-refractivity contribution >= 4 is 23.7 Å². The van der Waals surface area contributed by atoms with Crippen molar-refractivity contribution in [1.29, 1.82) is 0 Å². The zero-order valence-corrected chi connectivity index (χ0v) is 20.6. The number of benzene rings is 2. The number of carbonyl (C=O) groups excluding carboxylic acids is 2. The van der Waals surface area contributed by atoms with Gasteiger partial charge in [-0.05, 0) is 36.5 Å².